The van der Waals surface area contributed by atoms with Gasteiger partial charge in [0.25, 0.3) is 5.91 Å². The number of hydrogen-bond acceptors (Lipinski definition) is 6. The van der Waals surface area contributed by atoms with E-state index < -0.39 is 0 Å². The van der Waals surface area contributed by atoms with E-state index in [1.165, 1.54) is 19.6 Å². The summed E-state index contributed by atoms with van der Waals surface area (Å²) < 4.78 is 11.0. The normalized spacial score (nSPS) is 22.2. The Labute approximate surface area is 194 Å². The number of nitrogens with one attached hydrogen (secondary N) is 1. The minimum atomic E-state index is -0.281. The minimum Gasteiger partial charge on any atom is -0.496 e. The second-order valence-corrected chi connectivity index (χ2v) is 8.67. The number of carbonyl (C=O) groups is 2. The quantitative estimate of drug-likeness (QED) is 0.474. The summed E-state index contributed by atoms with van der Waals surface area (Å²) in [4.78, 5) is 29.3. The molecule has 0 bridgehead atoms. The number of nitrogens with two attached hydrogens (primary N) is 1. The van der Waals surface area contributed by atoms with Crippen molar-refractivity contribution in [3.05, 3.63) is 34.9 Å². The highest BCUT2D eigenvalue weighted by Crippen LogP contribution is 2.29. The van der Waals surface area contributed by atoms with Gasteiger partial charge < -0.3 is 25.4 Å². The van der Waals surface area contributed by atoms with Crippen LogP contribution in [0.25, 0.3) is 0 Å². The molecule has 2 aliphatic heterocycles. The standard InChI is InChI=1S/C23H33ClN4O4/c1-31-20-14-18(25)17(24)13-16(20)23(30)26-19-8-12-27(15-21(19)32-2)9-6-7-22(29)28-10-4-3-5-11-28/h6-7,13-14,19,21H,3-5,8-12,15,25H2,1-2H3,(H,26,30)/b7-6+. The van der Waals surface area contributed by atoms with Gasteiger partial charge in [0.2, 0.25) is 5.91 Å². The zero-order valence-corrected chi connectivity index (χ0v) is 19.6. The van der Waals surface area contributed by atoms with Crippen molar-refractivity contribution in [3.8, 4) is 5.75 Å². The molecule has 3 rings (SSSR count). The van der Waals surface area contributed by atoms with Crippen LogP contribution < -0.4 is 15.8 Å². The van der Waals surface area contributed by atoms with Crippen LogP contribution in [0.15, 0.2) is 24.3 Å². The highest BCUT2D eigenvalue weighted by Gasteiger charge is 2.31. The fourth-order valence-electron chi connectivity index (χ4n) is 4.23. The van der Waals surface area contributed by atoms with Gasteiger partial charge in [-0.05, 0) is 31.7 Å². The van der Waals surface area contributed by atoms with E-state index in [0.29, 0.717) is 35.1 Å². The van der Waals surface area contributed by atoms with E-state index in [4.69, 9.17) is 26.8 Å². The molecule has 9 heteroatoms. The maximum Gasteiger partial charge on any atom is 0.255 e. The molecule has 2 saturated heterocycles. The number of anilines is 1. The molecule has 0 radical (unpaired) electrons. The molecule has 3 N–H and O–H groups in total. The molecule has 176 valence electrons. The first-order valence-electron chi connectivity index (χ1n) is 11.1. The number of ether oxygens (including phenoxy) is 2. The lowest BCUT2D eigenvalue weighted by atomic mass is 10.0. The highest BCUT2D eigenvalue weighted by molar-refractivity contribution is 6.33. The van der Waals surface area contributed by atoms with Gasteiger partial charge in [-0.2, -0.15) is 0 Å². The molecule has 0 aliphatic carbocycles. The predicted molar refractivity (Wildman–Crippen MR) is 125 cm³/mol. The number of nitrogen functional groups attached to an aromatic ring is 1. The Hall–Kier alpha value is -2.29. The maximum atomic E-state index is 12.9. The van der Waals surface area contributed by atoms with E-state index in [9.17, 15) is 9.59 Å². The van der Waals surface area contributed by atoms with E-state index in [1.807, 2.05) is 11.0 Å². The summed E-state index contributed by atoms with van der Waals surface area (Å²) in [6.07, 6.45) is 7.53. The molecule has 8 nitrogen and oxygen atoms in total. The van der Waals surface area contributed by atoms with Crippen LogP contribution in [0.2, 0.25) is 5.02 Å². The first-order valence-corrected chi connectivity index (χ1v) is 11.4. The fraction of sp³-hybridized carbons (Fsp3) is 0.565. The molecule has 2 aliphatic rings. The largest absolute Gasteiger partial charge is 0.496 e. The summed E-state index contributed by atoms with van der Waals surface area (Å²) in [7, 11) is 3.13. The van der Waals surface area contributed by atoms with E-state index in [-0.39, 0.29) is 24.0 Å². The Morgan fingerprint density at radius 1 is 1.22 bits per heavy atom. The lowest BCUT2D eigenvalue weighted by Crippen LogP contribution is -2.54. The molecule has 1 aromatic carbocycles. The van der Waals surface area contributed by atoms with Crippen LogP contribution in [0.5, 0.6) is 5.75 Å². The van der Waals surface area contributed by atoms with Crippen molar-refractivity contribution < 1.29 is 19.1 Å². The van der Waals surface area contributed by atoms with Crippen LogP contribution in [0.1, 0.15) is 36.0 Å². The molecular weight excluding hydrogens is 432 g/mol. The van der Waals surface area contributed by atoms with Gasteiger partial charge >= 0.3 is 0 Å². The zero-order valence-electron chi connectivity index (χ0n) is 18.8. The molecule has 1 aromatic rings. The minimum absolute atomic E-state index is 0.0891. The van der Waals surface area contributed by atoms with Crippen molar-refractivity contribution in [2.75, 3.05) is 52.7 Å². The molecule has 0 saturated carbocycles. The SMILES string of the molecule is COc1cc(N)c(Cl)cc1C(=O)NC1CCN(C/C=C/C(=O)N2CCCCC2)CC1OC. The maximum absolute atomic E-state index is 12.9. The summed E-state index contributed by atoms with van der Waals surface area (Å²) in [6.45, 7) is 3.81. The van der Waals surface area contributed by atoms with Gasteiger partial charge in [0.05, 0.1) is 35.5 Å². The van der Waals surface area contributed by atoms with Crippen LogP contribution in [0.4, 0.5) is 5.69 Å². The van der Waals surface area contributed by atoms with Crippen molar-refractivity contribution in [3.63, 3.8) is 0 Å². The molecule has 2 atom stereocenters. The van der Waals surface area contributed by atoms with Crippen LogP contribution in [-0.4, -0.2) is 80.7 Å². The molecule has 2 fully saturated rings. The van der Waals surface area contributed by atoms with Crippen molar-refractivity contribution in [1.29, 1.82) is 0 Å². The second kappa shape index (κ2) is 11.5. The third-order valence-electron chi connectivity index (χ3n) is 6.12. The number of hydrogen-bond donors (Lipinski definition) is 2. The molecule has 2 unspecified atom stereocenters. The highest BCUT2D eigenvalue weighted by atomic mass is 35.5. The van der Waals surface area contributed by atoms with Gasteiger partial charge in [-0.15, -0.1) is 0 Å². The van der Waals surface area contributed by atoms with Crippen molar-refractivity contribution >= 4 is 29.1 Å². The predicted octanol–water partition coefficient (Wildman–Crippen LogP) is 2.32. The third kappa shape index (κ3) is 6.15. The summed E-state index contributed by atoms with van der Waals surface area (Å²) in [6, 6.07) is 2.92. The lowest BCUT2D eigenvalue weighted by molar-refractivity contribution is -0.126. The Kier molecular flexibility index (Phi) is 8.78. The van der Waals surface area contributed by atoms with Crippen LogP contribution in [0.3, 0.4) is 0 Å². The average molecular weight is 465 g/mol. The Balaban J connectivity index is 1.54. The second-order valence-electron chi connectivity index (χ2n) is 8.26. The summed E-state index contributed by atoms with van der Waals surface area (Å²) >= 11 is 6.10. The van der Waals surface area contributed by atoms with Crippen LogP contribution in [-0.2, 0) is 9.53 Å². The van der Waals surface area contributed by atoms with Crippen LogP contribution in [0, 0.1) is 0 Å². The number of methoxy groups -OCH3 is 2. The number of halogens is 1. The van der Waals surface area contributed by atoms with Gasteiger partial charge in [-0.1, -0.05) is 17.7 Å². The van der Waals surface area contributed by atoms with E-state index in [0.717, 1.165) is 38.9 Å². The van der Waals surface area contributed by atoms with E-state index in [2.05, 4.69) is 10.2 Å². The van der Waals surface area contributed by atoms with Gasteiger partial charge in [0, 0.05) is 52.0 Å². The van der Waals surface area contributed by atoms with Gasteiger partial charge in [0.15, 0.2) is 0 Å². The van der Waals surface area contributed by atoms with Gasteiger partial charge in [0.1, 0.15) is 5.75 Å². The van der Waals surface area contributed by atoms with Gasteiger partial charge in [-0.25, -0.2) is 0 Å². The number of likely N-dealkylation sites (tertiary alicyclic amines) is 2. The smallest absolute Gasteiger partial charge is 0.255 e. The van der Waals surface area contributed by atoms with E-state index in [1.54, 1.807) is 19.3 Å². The number of benzene rings is 1. The topological polar surface area (TPSA) is 97.1 Å². The fourth-order valence-corrected chi connectivity index (χ4v) is 4.40. The third-order valence-corrected chi connectivity index (χ3v) is 6.45. The first kappa shape index (κ1) is 24.4. The summed E-state index contributed by atoms with van der Waals surface area (Å²) in [5.74, 6) is 0.182. The number of nitrogens with zero attached hydrogens (tertiary/aromatic N) is 2. The zero-order chi connectivity index (χ0) is 23.1. The van der Waals surface area contributed by atoms with Crippen molar-refractivity contribution in [1.82, 2.24) is 15.1 Å². The Morgan fingerprint density at radius 3 is 2.66 bits per heavy atom. The van der Waals surface area contributed by atoms with Crippen molar-refractivity contribution in [2.24, 2.45) is 0 Å². The van der Waals surface area contributed by atoms with Crippen LogP contribution >= 0.6 is 11.6 Å². The summed E-state index contributed by atoms with van der Waals surface area (Å²) in [5.41, 5.74) is 6.50. The monoisotopic (exact) mass is 464 g/mol. The van der Waals surface area contributed by atoms with Gasteiger partial charge in [-0.3, -0.25) is 14.5 Å². The van der Waals surface area contributed by atoms with E-state index >= 15 is 0 Å². The summed E-state index contributed by atoms with van der Waals surface area (Å²) in [5, 5.41) is 3.35. The number of amides is 2. The Morgan fingerprint density at radius 2 is 1.97 bits per heavy atom. The number of rotatable bonds is 7. The molecule has 32 heavy (non-hydrogen) atoms. The molecule has 2 heterocycles. The molecule has 0 spiro atoms. The first-order chi connectivity index (χ1) is 15.4. The molecule has 0 aromatic heterocycles. The number of carbonyl (C=O) groups excluding carboxylic acids is 2. The number of piperidine rings is 2. The van der Waals surface area contributed by atoms with Crippen molar-refractivity contribution in [2.45, 2.75) is 37.8 Å². The Bertz CT molecular complexity index is 842. The molecule has 2 amide bonds. The lowest BCUT2D eigenvalue weighted by Gasteiger charge is -2.37. The average Bonchev–Trinajstić information content (AvgIpc) is 2.81. The molecular formula is C23H33ClN4O4.